The van der Waals surface area contributed by atoms with Gasteiger partial charge in [-0.25, -0.2) is 0 Å². The Hall–Kier alpha value is -1.58. The Balaban J connectivity index is 1.80. The lowest BCUT2D eigenvalue weighted by Gasteiger charge is -2.10. The van der Waals surface area contributed by atoms with Gasteiger partial charge in [-0.3, -0.25) is 9.59 Å². The second kappa shape index (κ2) is 9.05. The first-order chi connectivity index (χ1) is 11.4. The monoisotopic (exact) mass is 382 g/mol. The zero-order valence-electron chi connectivity index (χ0n) is 13.3. The second-order valence-electron chi connectivity index (χ2n) is 5.05. The van der Waals surface area contributed by atoms with E-state index in [1.54, 1.807) is 0 Å². The summed E-state index contributed by atoms with van der Waals surface area (Å²) in [6.07, 6.45) is 0. The summed E-state index contributed by atoms with van der Waals surface area (Å²) in [6, 6.07) is 8.04. The van der Waals surface area contributed by atoms with Crippen LogP contribution in [0.5, 0.6) is 0 Å². The number of aryl methyl sites for hydroxylation is 1. The molecule has 0 aliphatic carbocycles. The van der Waals surface area contributed by atoms with Gasteiger partial charge >= 0.3 is 0 Å². The van der Waals surface area contributed by atoms with Crippen LogP contribution in [0.1, 0.15) is 18.1 Å². The molecular formula is C15H18N4O2S3. The minimum absolute atomic E-state index is 0.0536. The molecule has 0 saturated carbocycles. The van der Waals surface area contributed by atoms with Crippen LogP contribution in [0.15, 0.2) is 32.9 Å². The van der Waals surface area contributed by atoms with Crippen molar-refractivity contribution >= 4 is 46.7 Å². The molecule has 9 heteroatoms. The lowest BCUT2D eigenvalue weighted by atomic mass is 10.1. The van der Waals surface area contributed by atoms with E-state index in [4.69, 9.17) is 5.73 Å². The fourth-order valence-corrected chi connectivity index (χ4v) is 4.61. The Morgan fingerprint density at radius 1 is 1.25 bits per heavy atom. The van der Waals surface area contributed by atoms with E-state index in [0.29, 0.717) is 15.2 Å². The number of rotatable bonds is 8. The standard InChI is InChI=1S/C15H18N4O2S3/c1-9-3-5-11(6-4-9)7-17-13(21)10(2)23-15-19-18-14(24-15)22-8-12(16)20/h3-6,10H,7-8H2,1-2H3,(H2,16,20)(H,17,21)/t10-/m1/s1. The van der Waals surface area contributed by atoms with Crippen molar-refractivity contribution in [1.82, 2.24) is 15.5 Å². The molecule has 1 heterocycles. The topological polar surface area (TPSA) is 98.0 Å². The van der Waals surface area contributed by atoms with Gasteiger partial charge in [-0.1, -0.05) is 64.7 Å². The molecule has 24 heavy (non-hydrogen) atoms. The summed E-state index contributed by atoms with van der Waals surface area (Å²) >= 11 is 3.95. The summed E-state index contributed by atoms with van der Waals surface area (Å²) in [5, 5.41) is 10.6. The second-order valence-corrected chi connectivity index (χ2v) is 8.84. The third-order valence-corrected chi connectivity index (χ3v) is 6.22. The summed E-state index contributed by atoms with van der Waals surface area (Å²) in [4.78, 5) is 22.9. The quantitative estimate of drug-likeness (QED) is 0.680. The highest BCUT2D eigenvalue weighted by Gasteiger charge is 2.17. The molecule has 0 aliphatic rings. The maximum absolute atomic E-state index is 12.2. The summed E-state index contributed by atoms with van der Waals surface area (Å²) in [6.45, 7) is 4.35. The van der Waals surface area contributed by atoms with Gasteiger partial charge in [0.25, 0.3) is 0 Å². The molecule has 0 fully saturated rings. The number of carbonyl (C=O) groups excluding carboxylic acids is 2. The number of thioether (sulfide) groups is 2. The predicted octanol–water partition coefficient (Wildman–Crippen LogP) is 2.22. The average molecular weight is 383 g/mol. The molecule has 0 unspecified atom stereocenters. The van der Waals surface area contributed by atoms with Crippen molar-refractivity contribution in [2.45, 2.75) is 34.3 Å². The summed E-state index contributed by atoms with van der Waals surface area (Å²) < 4.78 is 1.36. The van der Waals surface area contributed by atoms with Crippen LogP contribution in [0.4, 0.5) is 0 Å². The largest absolute Gasteiger partial charge is 0.369 e. The van der Waals surface area contributed by atoms with Gasteiger partial charge in [0.1, 0.15) is 0 Å². The van der Waals surface area contributed by atoms with Crippen molar-refractivity contribution in [3.05, 3.63) is 35.4 Å². The normalized spacial score (nSPS) is 11.9. The smallest absolute Gasteiger partial charge is 0.233 e. The third kappa shape index (κ3) is 6.14. The third-order valence-electron chi connectivity index (χ3n) is 2.96. The molecule has 2 amide bonds. The fourth-order valence-electron chi connectivity index (χ4n) is 1.68. The Morgan fingerprint density at radius 2 is 1.92 bits per heavy atom. The first kappa shape index (κ1) is 18.8. The number of hydrogen-bond acceptors (Lipinski definition) is 7. The van der Waals surface area contributed by atoms with Crippen molar-refractivity contribution in [2.24, 2.45) is 5.73 Å². The van der Waals surface area contributed by atoms with Crippen LogP contribution in [0.2, 0.25) is 0 Å². The molecule has 3 N–H and O–H groups in total. The molecule has 2 aromatic rings. The number of benzene rings is 1. The van der Waals surface area contributed by atoms with Crippen LogP contribution in [0.25, 0.3) is 0 Å². The maximum atomic E-state index is 12.2. The first-order valence-corrected chi connectivity index (χ1v) is 9.86. The zero-order valence-corrected chi connectivity index (χ0v) is 15.8. The van der Waals surface area contributed by atoms with E-state index in [1.165, 1.54) is 40.4 Å². The minimum atomic E-state index is -0.395. The van der Waals surface area contributed by atoms with Gasteiger partial charge in [-0.05, 0) is 19.4 Å². The zero-order chi connectivity index (χ0) is 17.5. The number of nitrogens with one attached hydrogen (secondary N) is 1. The van der Waals surface area contributed by atoms with E-state index in [0.717, 1.165) is 5.56 Å². The van der Waals surface area contributed by atoms with Crippen LogP contribution in [-0.4, -0.2) is 33.0 Å². The van der Waals surface area contributed by atoms with Gasteiger partial charge in [0.15, 0.2) is 8.68 Å². The van der Waals surface area contributed by atoms with Crippen molar-refractivity contribution in [1.29, 1.82) is 0 Å². The molecule has 1 aromatic carbocycles. The molecule has 0 bridgehead atoms. The van der Waals surface area contributed by atoms with Gasteiger partial charge in [0.2, 0.25) is 11.8 Å². The van der Waals surface area contributed by atoms with Crippen molar-refractivity contribution in [3.63, 3.8) is 0 Å². The molecule has 0 aliphatic heterocycles. The minimum Gasteiger partial charge on any atom is -0.369 e. The van der Waals surface area contributed by atoms with E-state index >= 15 is 0 Å². The molecule has 0 saturated heterocycles. The first-order valence-electron chi connectivity index (χ1n) is 7.18. The number of amides is 2. The molecule has 0 spiro atoms. The van der Waals surface area contributed by atoms with E-state index in [2.05, 4.69) is 15.5 Å². The molecule has 1 aromatic heterocycles. The van der Waals surface area contributed by atoms with Crippen LogP contribution in [0.3, 0.4) is 0 Å². The van der Waals surface area contributed by atoms with Crippen LogP contribution in [-0.2, 0) is 16.1 Å². The van der Waals surface area contributed by atoms with Gasteiger partial charge in [0, 0.05) is 6.54 Å². The number of nitrogens with two attached hydrogens (primary N) is 1. The SMILES string of the molecule is Cc1ccc(CNC(=O)[C@@H](C)Sc2nnc(SCC(N)=O)s2)cc1. The Labute approximate surface area is 153 Å². The lowest BCUT2D eigenvalue weighted by molar-refractivity contribution is -0.120. The van der Waals surface area contributed by atoms with Crippen molar-refractivity contribution in [3.8, 4) is 0 Å². The van der Waals surface area contributed by atoms with E-state index < -0.39 is 5.91 Å². The molecule has 0 radical (unpaired) electrons. The number of primary amides is 1. The van der Waals surface area contributed by atoms with Gasteiger partial charge in [-0.15, -0.1) is 10.2 Å². The highest BCUT2D eigenvalue weighted by molar-refractivity contribution is 8.04. The summed E-state index contributed by atoms with van der Waals surface area (Å²) in [5.41, 5.74) is 7.35. The van der Waals surface area contributed by atoms with Crippen LogP contribution < -0.4 is 11.1 Å². The molecule has 6 nitrogen and oxygen atoms in total. The van der Waals surface area contributed by atoms with Crippen LogP contribution in [0, 0.1) is 6.92 Å². The lowest BCUT2D eigenvalue weighted by Crippen LogP contribution is -2.30. The fraction of sp³-hybridized carbons (Fsp3) is 0.333. The molecular weight excluding hydrogens is 364 g/mol. The molecule has 128 valence electrons. The molecule has 2 rings (SSSR count). The Morgan fingerprint density at radius 3 is 2.58 bits per heavy atom. The van der Waals surface area contributed by atoms with E-state index in [-0.39, 0.29) is 16.9 Å². The Kier molecular flexibility index (Phi) is 7.07. The Bertz CT molecular complexity index is 703. The number of carbonyl (C=O) groups is 2. The maximum Gasteiger partial charge on any atom is 0.233 e. The van der Waals surface area contributed by atoms with Gasteiger partial charge in [-0.2, -0.15) is 0 Å². The van der Waals surface area contributed by atoms with Gasteiger partial charge < -0.3 is 11.1 Å². The van der Waals surface area contributed by atoms with E-state index in [9.17, 15) is 9.59 Å². The van der Waals surface area contributed by atoms with Crippen molar-refractivity contribution < 1.29 is 9.59 Å². The van der Waals surface area contributed by atoms with Crippen molar-refractivity contribution in [2.75, 3.05) is 5.75 Å². The predicted molar refractivity (Wildman–Crippen MR) is 98.2 cm³/mol. The summed E-state index contributed by atoms with van der Waals surface area (Å²) in [7, 11) is 0. The number of aromatic nitrogens is 2. The average Bonchev–Trinajstić information content (AvgIpc) is 2.99. The highest BCUT2D eigenvalue weighted by Crippen LogP contribution is 2.31. The van der Waals surface area contributed by atoms with Gasteiger partial charge in [0.05, 0.1) is 11.0 Å². The van der Waals surface area contributed by atoms with E-state index in [1.807, 2.05) is 38.1 Å². The van der Waals surface area contributed by atoms with Crippen LogP contribution >= 0.6 is 34.9 Å². The highest BCUT2D eigenvalue weighted by atomic mass is 32.2. The summed E-state index contributed by atoms with van der Waals surface area (Å²) in [5.74, 6) is -0.276. The molecule has 1 atom stereocenters. The number of hydrogen-bond donors (Lipinski definition) is 2. The number of nitrogens with zero attached hydrogens (tertiary/aromatic N) is 2.